The number of hydrogen-bond acceptors (Lipinski definition) is 5. The molecule has 11 aromatic rings. The van der Waals surface area contributed by atoms with Gasteiger partial charge >= 0.3 is 0 Å². The van der Waals surface area contributed by atoms with Crippen molar-refractivity contribution in [3.05, 3.63) is 188 Å². The lowest BCUT2D eigenvalue weighted by molar-refractivity contribution is 0.669. The molecule has 0 fully saturated rings. The van der Waals surface area contributed by atoms with E-state index < -0.39 is 0 Å². The van der Waals surface area contributed by atoms with Crippen molar-refractivity contribution in [2.24, 2.45) is 0 Å². The molecule has 0 bridgehead atoms. The van der Waals surface area contributed by atoms with E-state index in [0.29, 0.717) is 17.5 Å². The van der Waals surface area contributed by atoms with Crippen molar-refractivity contribution < 1.29 is 4.42 Å². The van der Waals surface area contributed by atoms with Gasteiger partial charge in [-0.1, -0.05) is 158 Å². The van der Waals surface area contributed by atoms with Crippen molar-refractivity contribution in [1.29, 1.82) is 0 Å². The summed E-state index contributed by atoms with van der Waals surface area (Å²) in [7, 11) is 0. The fourth-order valence-electron chi connectivity index (χ4n) is 7.92. The fraction of sp³-hybridized carbons (Fsp3) is 0. The number of hydrogen-bond donors (Lipinski definition) is 0. The number of aromatic nitrogens is 3. The Morgan fingerprint density at radius 2 is 0.946 bits per heavy atom. The number of furan rings is 1. The lowest BCUT2D eigenvalue weighted by atomic mass is 9.92. The first-order chi connectivity index (χ1) is 27.7. The van der Waals surface area contributed by atoms with E-state index >= 15 is 0 Å². The molecule has 4 nitrogen and oxygen atoms in total. The van der Waals surface area contributed by atoms with Crippen LogP contribution in [0.2, 0.25) is 0 Å². The van der Waals surface area contributed by atoms with Crippen molar-refractivity contribution in [3.8, 4) is 67.5 Å². The Labute approximate surface area is 327 Å². The Bertz CT molecular complexity index is 3180. The number of rotatable bonds is 6. The van der Waals surface area contributed by atoms with Crippen molar-refractivity contribution >= 4 is 53.4 Å². The first-order valence-corrected chi connectivity index (χ1v) is 19.5. The molecule has 0 unspecified atom stereocenters. The molecule has 0 N–H and O–H groups in total. The van der Waals surface area contributed by atoms with E-state index in [0.717, 1.165) is 55.3 Å². The highest BCUT2D eigenvalue weighted by atomic mass is 32.1. The molecule has 56 heavy (non-hydrogen) atoms. The van der Waals surface area contributed by atoms with Crippen molar-refractivity contribution in [1.82, 2.24) is 15.0 Å². The third kappa shape index (κ3) is 5.48. The quantitative estimate of drug-likeness (QED) is 0.171. The second-order valence-corrected chi connectivity index (χ2v) is 15.0. The smallest absolute Gasteiger partial charge is 0.164 e. The summed E-state index contributed by atoms with van der Waals surface area (Å²) in [6.45, 7) is 0. The standard InChI is InChI=1S/C51H31N3OS/c1-4-14-32(15-5-1)39-28-29-41-40-22-10-11-25-45(40)56-48(41)46(39)36-26-27-42-44(31-36)55-43-24-13-23-38(47(42)43)35-20-12-21-37(30-35)51-53-49(33-16-6-2-7-17-33)52-50(54-51)34-18-8-3-9-19-34/h1-31H. The van der Waals surface area contributed by atoms with Gasteiger partial charge in [0.2, 0.25) is 0 Å². The van der Waals surface area contributed by atoms with Gasteiger partial charge in [0.25, 0.3) is 0 Å². The third-order valence-electron chi connectivity index (χ3n) is 10.5. The summed E-state index contributed by atoms with van der Waals surface area (Å²) >= 11 is 1.86. The van der Waals surface area contributed by atoms with Gasteiger partial charge in [-0.15, -0.1) is 11.3 Å². The van der Waals surface area contributed by atoms with Crippen molar-refractivity contribution in [2.45, 2.75) is 0 Å². The van der Waals surface area contributed by atoms with Gasteiger partial charge in [-0.3, -0.25) is 0 Å². The first-order valence-electron chi connectivity index (χ1n) is 18.7. The van der Waals surface area contributed by atoms with Gasteiger partial charge in [0, 0.05) is 53.2 Å². The van der Waals surface area contributed by atoms with Crippen LogP contribution in [-0.2, 0) is 0 Å². The molecule has 0 aliphatic rings. The van der Waals surface area contributed by atoms with Crippen molar-refractivity contribution in [3.63, 3.8) is 0 Å². The van der Waals surface area contributed by atoms with Crippen LogP contribution >= 0.6 is 11.3 Å². The van der Waals surface area contributed by atoms with Gasteiger partial charge in [-0.05, 0) is 58.1 Å². The minimum absolute atomic E-state index is 0.623. The fourth-order valence-corrected chi connectivity index (χ4v) is 9.19. The van der Waals surface area contributed by atoms with Crippen LogP contribution in [0.25, 0.3) is 110 Å². The van der Waals surface area contributed by atoms with E-state index in [1.807, 2.05) is 72.0 Å². The van der Waals surface area contributed by atoms with Gasteiger partial charge in [-0.2, -0.15) is 0 Å². The molecule has 262 valence electrons. The molecule has 3 heterocycles. The molecule has 8 aromatic carbocycles. The molecule has 11 rings (SSSR count). The van der Waals surface area contributed by atoms with Gasteiger partial charge in [0.15, 0.2) is 17.5 Å². The van der Waals surface area contributed by atoms with Crippen LogP contribution < -0.4 is 0 Å². The molecule has 0 spiro atoms. The Balaban J connectivity index is 1.06. The number of thiophene rings is 1. The Kier molecular flexibility index (Phi) is 7.64. The number of fused-ring (bicyclic) bond motifs is 6. The predicted molar refractivity (Wildman–Crippen MR) is 233 cm³/mol. The Morgan fingerprint density at radius 3 is 1.68 bits per heavy atom. The highest BCUT2D eigenvalue weighted by Crippen LogP contribution is 2.46. The zero-order chi connectivity index (χ0) is 37.0. The Morgan fingerprint density at radius 1 is 0.357 bits per heavy atom. The molecule has 0 radical (unpaired) electrons. The average Bonchev–Trinajstić information content (AvgIpc) is 3.85. The van der Waals surface area contributed by atoms with E-state index in [9.17, 15) is 0 Å². The molecule has 0 saturated carbocycles. The average molecular weight is 734 g/mol. The minimum atomic E-state index is 0.623. The van der Waals surface area contributed by atoms with Crippen LogP contribution in [0.1, 0.15) is 0 Å². The maximum absolute atomic E-state index is 6.71. The molecular weight excluding hydrogens is 703 g/mol. The van der Waals surface area contributed by atoms with Crippen LogP contribution in [-0.4, -0.2) is 15.0 Å². The number of nitrogens with zero attached hydrogens (tertiary/aromatic N) is 3. The lowest BCUT2D eigenvalue weighted by Crippen LogP contribution is -2.00. The normalized spacial score (nSPS) is 11.6. The summed E-state index contributed by atoms with van der Waals surface area (Å²) in [5.74, 6) is 1.90. The van der Waals surface area contributed by atoms with Gasteiger partial charge in [0.1, 0.15) is 11.2 Å². The van der Waals surface area contributed by atoms with Crippen LogP contribution in [0.3, 0.4) is 0 Å². The Hall–Kier alpha value is -7.21. The van der Waals surface area contributed by atoms with Crippen molar-refractivity contribution in [2.75, 3.05) is 0 Å². The van der Waals surface area contributed by atoms with Crippen LogP contribution in [0.4, 0.5) is 0 Å². The molecule has 0 amide bonds. The van der Waals surface area contributed by atoms with Gasteiger partial charge < -0.3 is 4.42 Å². The molecule has 0 atom stereocenters. The summed E-state index contributed by atoms with van der Waals surface area (Å²) in [5, 5.41) is 4.72. The summed E-state index contributed by atoms with van der Waals surface area (Å²) in [5.41, 5.74) is 11.4. The summed E-state index contributed by atoms with van der Waals surface area (Å²) in [6, 6.07) is 65.6. The zero-order valence-corrected chi connectivity index (χ0v) is 30.9. The van der Waals surface area contributed by atoms with E-state index in [-0.39, 0.29) is 0 Å². The van der Waals surface area contributed by atoms with E-state index in [1.54, 1.807) is 0 Å². The SMILES string of the molecule is c1ccc(-c2nc(-c3ccccc3)nc(-c3cccc(-c4cccc5oc6cc(-c7c(-c8ccccc8)ccc8c7sc7ccccc78)ccc6c45)c3)n2)cc1. The largest absolute Gasteiger partial charge is 0.456 e. The van der Waals surface area contributed by atoms with Gasteiger partial charge in [-0.25, -0.2) is 15.0 Å². The third-order valence-corrected chi connectivity index (χ3v) is 11.8. The maximum atomic E-state index is 6.71. The van der Waals surface area contributed by atoms with E-state index in [4.69, 9.17) is 19.4 Å². The summed E-state index contributed by atoms with van der Waals surface area (Å²) in [4.78, 5) is 14.9. The molecule has 0 aliphatic heterocycles. The second kappa shape index (κ2) is 13.3. The van der Waals surface area contributed by atoms with Crippen LogP contribution in [0.15, 0.2) is 192 Å². The zero-order valence-electron chi connectivity index (χ0n) is 30.1. The molecule has 5 heteroatoms. The van der Waals surface area contributed by atoms with Crippen LogP contribution in [0, 0.1) is 0 Å². The minimum Gasteiger partial charge on any atom is -0.456 e. The highest BCUT2D eigenvalue weighted by Gasteiger charge is 2.20. The monoisotopic (exact) mass is 733 g/mol. The maximum Gasteiger partial charge on any atom is 0.164 e. The summed E-state index contributed by atoms with van der Waals surface area (Å²) in [6.07, 6.45) is 0. The lowest BCUT2D eigenvalue weighted by Gasteiger charge is -2.12. The molecule has 0 aliphatic carbocycles. The first kappa shape index (κ1) is 32.2. The van der Waals surface area contributed by atoms with Crippen LogP contribution in [0.5, 0.6) is 0 Å². The van der Waals surface area contributed by atoms with E-state index in [1.165, 1.54) is 36.9 Å². The van der Waals surface area contributed by atoms with E-state index in [2.05, 4.69) is 127 Å². The molecule has 3 aromatic heterocycles. The second-order valence-electron chi connectivity index (χ2n) is 13.9. The highest BCUT2D eigenvalue weighted by molar-refractivity contribution is 7.26. The topological polar surface area (TPSA) is 51.8 Å². The summed E-state index contributed by atoms with van der Waals surface area (Å²) < 4.78 is 9.28. The predicted octanol–water partition coefficient (Wildman–Crippen LogP) is 14.1. The molecule has 0 saturated heterocycles. The van der Waals surface area contributed by atoms with Gasteiger partial charge in [0.05, 0.1) is 0 Å². The number of benzene rings is 8. The molecular formula is C51H31N3OS.